The molecule has 0 radical (unpaired) electrons. The fraction of sp³-hybridized carbons (Fsp3) is 0.227. The van der Waals surface area contributed by atoms with Crippen LogP contribution in [-0.2, 0) is 16.6 Å². The minimum atomic E-state index is -3.90. The van der Waals surface area contributed by atoms with Gasteiger partial charge in [-0.05, 0) is 57.2 Å². The lowest BCUT2D eigenvalue weighted by Gasteiger charge is -2.15. The zero-order valence-electron chi connectivity index (χ0n) is 18.3. The first-order chi connectivity index (χ1) is 15.8. The van der Waals surface area contributed by atoms with E-state index in [9.17, 15) is 12.8 Å². The van der Waals surface area contributed by atoms with Crippen LogP contribution in [0.5, 0.6) is 11.8 Å². The van der Waals surface area contributed by atoms with Crippen molar-refractivity contribution < 1.29 is 17.5 Å². The summed E-state index contributed by atoms with van der Waals surface area (Å²) < 4.78 is 51.0. The van der Waals surface area contributed by atoms with E-state index in [2.05, 4.69) is 20.0 Å². The summed E-state index contributed by atoms with van der Waals surface area (Å²) in [5.74, 6) is 0.391. The van der Waals surface area contributed by atoms with Gasteiger partial charge in [-0.2, -0.15) is 5.10 Å². The lowest BCUT2D eigenvalue weighted by molar-refractivity contribution is 0.407. The molecule has 9 nitrogen and oxygen atoms in total. The summed E-state index contributed by atoms with van der Waals surface area (Å²) in [6.07, 6.45) is 1.32. The van der Waals surface area contributed by atoms with Gasteiger partial charge in [0.05, 0.1) is 23.6 Å². The molecule has 0 fully saturated rings. The second-order valence-electron chi connectivity index (χ2n) is 7.33. The summed E-state index contributed by atoms with van der Waals surface area (Å²) >= 11 is 0. The molecule has 2 aromatic heterocycles. The van der Waals surface area contributed by atoms with Gasteiger partial charge in [0.15, 0.2) is 5.82 Å². The first-order valence-electron chi connectivity index (χ1n) is 10.3. The fourth-order valence-corrected chi connectivity index (χ4v) is 4.80. The maximum atomic E-state index is 13.1. The number of ether oxygens (including phenoxy) is 1. The highest BCUT2D eigenvalue weighted by atomic mass is 32.2. The number of para-hydroxylation sites is 1. The number of sulfonamides is 1. The molecule has 33 heavy (non-hydrogen) atoms. The van der Waals surface area contributed by atoms with Gasteiger partial charge in [-0.25, -0.2) is 22.2 Å². The average molecular weight is 471 g/mol. The SMILES string of the molecule is CCn1c(Oc2ccc(F)cc2)nnc1[C@@H](C)NS(=O)(=O)c1cnn(-c2ccccc2)c1C. The van der Waals surface area contributed by atoms with Gasteiger partial charge in [-0.1, -0.05) is 23.3 Å². The Kier molecular flexibility index (Phi) is 6.25. The number of hydrogen-bond acceptors (Lipinski definition) is 6. The number of halogens is 1. The molecule has 4 aromatic rings. The smallest absolute Gasteiger partial charge is 0.322 e. The summed E-state index contributed by atoms with van der Waals surface area (Å²) in [7, 11) is -3.90. The van der Waals surface area contributed by atoms with Crippen LogP contribution in [0.2, 0.25) is 0 Å². The van der Waals surface area contributed by atoms with E-state index in [0.29, 0.717) is 23.8 Å². The maximum absolute atomic E-state index is 13.1. The lowest BCUT2D eigenvalue weighted by atomic mass is 10.3. The number of aromatic nitrogens is 5. The van der Waals surface area contributed by atoms with Crippen LogP contribution in [0.4, 0.5) is 4.39 Å². The monoisotopic (exact) mass is 470 g/mol. The van der Waals surface area contributed by atoms with Crippen molar-refractivity contribution in [3.63, 3.8) is 0 Å². The third-order valence-corrected chi connectivity index (χ3v) is 6.70. The van der Waals surface area contributed by atoms with E-state index in [1.54, 1.807) is 23.1 Å². The molecule has 0 saturated heterocycles. The molecule has 1 atom stereocenters. The van der Waals surface area contributed by atoms with E-state index in [1.807, 2.05) is 37.3 Å². The number of hydrogen-bond donors (Lipinski definition) is 1. The first kappa shape index (κ1) is 22.6. The molecule has 0 aliphatic rings. The average Bonchev–Trinajstić information content (AvgIpc) is 3.39. The van der Waals surface area contributed by atoms with Crippen molar-refractivity contribution in [1.82, 2.24) is 29.3 Å². The van der Waals surface area contributed by atoms with E-state index in [4.69, 9.17) is 4.74 Å². The first-order valence-corrected chi connectivity index (χ1v) is 11.8. The van der Waals surface area contributed by atoms with Gasteiger partial charge < -0.3 is 4.74 Å². The molecule has 1 N–H and O–H groups in total. The van der Waals surface area contributed by atoms with E-state index < -0.39 is 16.1 Å². The van der Waals surface area contributed by atoms with Crippen molar-refractivity contribution in [2.75, 3.05) is 0 Å². The Morgan fingerprint density at radius 2 is 1.79 bits per heavy atom. The normalized spacial score (nSPS) is 12.6. The van der Waals surface area contributed by atoms with Crippen molar-refractivity contribution in [1.29, 1.82) is 0 Å². The molecule has 0 spiro atoms. The van der Waals surface area contributed by atoms with Gasteiger partial charge in [-0.15, -0.1) is 5.10 Å². The van der Waals surface area contributed by atoms with E-state index >= 15 is 0 Å². The zero-order valence-corrected chi connectivity index (χ0v) is 19.1. The molecular formula is C22H23FN6O3S. The van der Waals surface area contributed by atoms with Crippen molar-refractivity contribution in [2.45, 2.75) is 38.3 Å². The third kappa shape index (κ3) is 4.64. The molecule has 0 unspecified atom stereocenters. The minimum Gasteiger partial charge on any atom is -0.424 e. The quantitative estimate of drug-likeness (QED) is 0.421. The van der Waals surface area contributed by atoms with Crippen LogP contribution in [0.3, 0.4) is 0 Å². The molecule has 0 aliphatic carbocycles. The molecule has 172 valence electrons. The Hall–Kier alpha value is -3.57. The van der Waals surface area contributed by atoms with Crippen molar-refractivity contribution in [3.8, 4) is 17.4 Å². The van der Waals surface area contributed by atoms with Crippen molar-refractivity contribution >= 4 is 10.0 Å². The molecule has 0 bridgehead atoms. The van der Waals surface area contributed by atoms with E-state index in [1.165, 1.54) is 30.5 Å². The largest absolute Gasteiger partial charge is 0.424 e. The van der Waals surface area contributed by atoms with Gasteiger partial charge in [0.2, 0.25) is 10.0 Å². The van der Waals surface area contributed by atoms with Gasteiger partial charge >= 0.3 is 6.01 Å². The maximum Gasteiger partial charge on any atom is 0.322 e. The standard InChI is InChI=1S/C22H23FN6O3S/c1-4-28-21(25-26-22(28)32-19-12-10-17(23)11-13-19)15(2)27-33(30,31)20-14-24-29(16(20)3)18-8-6-5-7-9-18/h5-15,27H,4H2,1-3H3/t15-/m1/s1. The van der Waals surface area contributed by atoms with Crippen LogP contribution < -0.4 is 9.46 Å². The second-order valence-corrected chi connectivity index (χ2v) is 9.01. The Labute approximate surface area is 190 Å². The van der Waals surface area contributed by atoms with Crippen molar-refractivity contribution in [2.24, 2.45) is 0 Å². The molecule has 0 saturated carbocycles. The van der Waals surface area contributed by atoms with Gasteiger partial charge in [0.25, 0.3) is 0 Å². The number of benzene rings is 2. The Morgan fingerprint density at radius 1 is 1.09 bits per heavy atom. The van der Waals surface area contributed by atoms with Crippen LogP contribution >= 0.6 is 0 Å². The highest BCUT2D eigenvalue weighted by molar-refractivity contribution is 7.89. The van der Waals surface area contributed by atoms with Crippen LogP contribution in [-0.4, -0.2) is 33.0 Å². The number of nitrogens with zero attached hydrogens (tertiary/aromatic N) is 5. The topological polar surface area (TPSA) is 104 Å². The minimum absolute atomic E-state index is 0.0727. The van der Waals surface area contributed by atoms with E-state index in [-0.39, 0.29) is 16.7 Å². The predicted molar refractivity (Wildman–Crippen MR) is 119 cm³/mol. The Bertz CT molecular complexity index is 1350. The van der Waals surface area contributed by atoms with Gasteiger partial charge in [0.1, 0.15) is 16.5 Å². The molecule has 2 aromatic carbocycles. The highest BCUT2D eigenvalue weighted by Crippen LogP contribution is 2.25. The van der Waals surface area contributed by atoms with Gasteiger partial charge in [0, 0.05) is 6.54 Å². The Morgan fingerprint density at radius 3 is 2.45 bits per heavy atom. The molecular weight excluding hydrogens is 447 g/mol. The molecule has 0 amide bonds. The number of rotatable bonds is 8. The number of nitrogens with one attached hydrogen (secondary N) is 1. The second kappa shape index (κ2) is 9.12. The predicted octanol–water partition coefficient (Wildman–Crippen LogP) is 3.76. The summed E-state index contributed by atoms with van der Waals surface area (Å²) in [4.78, 5) is 0.0727. The summed E-state index contributed by atoms with van der Waals surface area (Å²) in [6, 6.07) is 14.3. The third-order valence-electron chi connectivity index (χ3n) is 5.06. The van der Waals surface area contributed by atoms with E-state index in [0.717, 1.165) is 5.69 Å². The summed E-state index contributed by atoms with van der Waals surface area (Å²) in [6.45, 7) is 5.67. The van der Waals surface area contributed by atoms with Crippen LogP contribution in [0.25, 0.3) is 5.69 Å². The van der Waals surface area contributed by atoms with Crippen molar-refractivity contribution in [3.05, 3.63) is 78.1 Å². The molecule has 11 heteroatoms. The highest BCUT2D eigenvalue weighted by Gasteiger charge is 2.27. The molecule has 0 aliphatic heterocycles. The summed E-state index contributed by atoms with van der Waals surface area (Å²) in [5.41, 5.74) is 1.25. The fourth-order valence-electron chi connectivity index (χ4n) is 3.44. The summed E-state index contributed by atoms with van der Waals surface area (Å²) in [5, 5.41) is 12.4. The van der Waals surface area contributed by atoms with Crippen LogP contribution in [0.15, 0.2) is 65.7 Å². The molecule has 2 heterocycles. The van der Waals surface area contributed by atoms with Crippen LogP contribution in [0.1, 0.15) is 31.4 Å². The zero-order chi connectivity index (χ0) is 23.6. The lowest BCUT2D eigenvalue weighted by Crippen LogP contribution is -2.29. The van der Waals surface area contributed by atoms with Crippen LogP contribution in [0, 0.1) is 12.7 Å². The molecule has 4 rings (SSSR count). The van der Waals surface area contributed by atoms with Gasteiger partial charge in [-0.3, -0.25) is 4.57 Å². The Balaban J connectivity index is 1.57.